The van der Waals surface area contributed by atoms with Crippen LogP contribution in [0.3, 0.4) is 0 Å². The average Bonchev–Trinajstić information content (AvgIpc) is 2.72. The second kappa shape index (κ2) is 12.7. The molecular weight excluding hydrogens is 390 g/mol. The molecular formula is C22H31NO5S. The quantitative estimate of drug-likeness (QED) is 0.373. The van der Waals surface area contributed by atoms with Gasteiger partial charge in [-0.2, -0.15) is 8.42 Å². The summed E-state index contributed by atoms with van der Waals surface area (Å²) in [6.45, 7) is 4.11. The Morgan fingerprint density at radius 1 is 1.00 bits per heavy atom. The summed E-state index contributed by atoms with van der Waals surface area (Å²) in [4.78, 5) is 2.09. The molecule has 0 fully saturated rings. The van der Waals surface area contributed by atoms with Crippen LogP contribution in [0.4, 0.5) is 0 Å². The first-order chi connectivity index (χ1) is 14.0. The summed E-state index contributed by atoms with van der Waals surface area (Å²) in [5.41, 5.74) is 2.20. The van der Waals surface area contributed by atoms with Crippen LogP contribution in [-0.4, -0.2) is 56.6 Å². The van der Waals surface area contributed by atoms with Gasteiger partial charge in [0.25, 0.3) is 10.1 Å². The fraction of sp³-hybridized carbons (Fsp3) is 0.455. The van der Waals surface area contributed by atoms with Gasteiger partial charge in [0, 0.05) is 19.6 Å². The van der Waals surface area contributed by atoms with Gasteiger partial charge >= 0.3 is 0 Å². The second-order valence-corrected chi connectivity index (χ2v) is 8.83. The van der Waals surface area contributed by atoms with Crippen molar-refractivity contribution in [2.45, 2.75) is 32.6 Å². The van der Waals surface area contributed by atoms with Gasteiger partial charge in [0.2, 0.25) is 0 Å². The van der Waals surface area contributed by atoms with Gasteiger partial charge in [-0.05, 0) is 24.5 Å². The third kappa shape index (κ3) is 10.0. The molecule has 29 heavy (non-hydrogen) atoms. The maximum Gasteiger partial charge on any atom is 0.267 e. The Hall–Kier alpha value is -1.77. The average molecular weight is 422 g/mol. The molecule has 0 aliphatic rings. The standard InChI is InChI=1S/C22H31NO5S/c1-2-29(25,26)28-15-9-14-23(16-20-10-5-3-6-11-20)17-22(24)19-27-18-21-12-7-4-8-13-21/h3-8,10-13,22,24H,2,9,14-19H2,1H3/t22-/m0/s1. The van der Waals surface area contributed by atoms with E-state index in [1.165, 1.54) is 0 Å². The van der Waals surface area contributed by atoms with Crippen molar-refractivity contribution in [2.24, 2.45) is 0 Å². The van der Waals surface area contributed by atoms with Crippen LogP contribution in [0.1, 0.15) is 24.5 Å². The van der Waals surface area contributed by atoms with Gasteiger partial charge in [0.15, 0.2) is 0 Å². The third-order valence-electron chi connectivity index (χ3n) is 4.37. The summed E-state index contributed by atoms with van der Waals surface area (Å²) in [7, 11) is -3.43. The maximum absolute atomic E-state index is 11.5. The number of aliphatic hydroxyl groups is 1. The fourth-order valence-corrected chi connectivity index (χ4v) is 3.41. The Bertz CT molecular complexity index is 783. The lowest BCUT2D eigenvalue weighted by Crippen LogP contribution is -2.35. The first-order valence-corrected chi connectivity index (χ1v) is 11.5. The number of benzene rings is 2. The van der Waals surface area contributed by atoms with Crippen molar-refractivity contribution in [1.82, 2.24) is 4.90 Å². The molecule has 0 aliphatic heterocycles. The van der Waals surface area contributed by atoms with E-state index in [-0.39, 0.29) is 19.0 Å². The van der Waals surface area contributed by atoms with Gasteiger partial charge in [-0.1, -0.05) is 60.7 Å². The van der Waals surface area contributed by atoms with Crippen molar-refractivity contribution in [3.63, 3.8) is 0 Å². The predicted molar refractivity (Wildman–Crippen MR) is 114 cm³/mol. The summed E-state index contributed by atoms with van der Waals surface area (Å²) in [6, 6.07) is 19.8. The molecule has 1 atom stereocenters. The van der Waals surface area contributed by atoms with Crippen LogP contribution in [0.15, 0.2) is 60.7 Å². The van der Waals surface area contributed by atoms with Crippen molar-refractivity contribution in [3.05, 3.63) is 71.8 Å². The van der Waals surface area contributed by atoms with Crippen LogP contribution in [0, 0.1) is 0 Å². The van der Waals surface area contributed by atoms with Crippen LogP contribution in [0.2, 0.25) is 0 Å². The van der Waals surface area contributed by atoms with Crippen LogP contribution in [0.25, 0.3) is 0 Å². The number of aliphatic hydroxyl groups excluding tert-OH is 1. The lowest BCUT2D eigenvalue weighted by molar-refractivity contribution is 0.00790. The van der Waals surface area contributed by atoms with Gasteiger partial charge in [-0.25, -0.2) is 0 Å². The fourth-order valence-electron chi connectivity index (χ4n) is 2.87. The van der Waals surface area contributed by atoms with E-state index in [1.807, 2.05) is 60.7 Å². The zero-order chi connectivity index (χ0) is 21.0. The second-order valence-electron chi connectivity index (χ2n) is 6.90. The topological polar surface area (TPSA) is 76.1 Å². The van der Waals surface area contributed by atoms with Crippen LogP contribution in [0.5, 0.6) is 0 Å². The largest absolute Gasteiger partial charge is 0.389 e. The first-order valence-electron chi connectivity index (χ1n) is 9.91. The van der Waals surface area contributed by atoms with Gasteiger partial charge in [0.05, 0.1) is 31.7 Å². The lowest BCUT2D eigenvalue weighted by Gasteiger charge is -2.25. The Kier molecular flexibility index (Phi) is 10.3. The van der Waals surface area contributed by atoms with Crippen molar-refractivity contribution >= 4 is 10.1 Å². The first kappa shape index (κ1) is 23.5. The van der Waals surface area contributed by atoms with E-state index in [4.69, 9.17) is 8.92 Å². The van der Waals surface area contributed by atoms with Crippen LogP contribution in [-0.2, 0) is 32.2 Å². The Labute approximate surface area is 174 Å². The summed E-state index contributed by atoms with van der Waals surface area (Å²) >= 11 is 0. The molecule has 2 aromatic carbocycles. The molecule has 1 N–H and O–H groups in total. The maximum atomic E-state index is 11.5. The molecule has 160 valence electrons. The van der Waals surface area contributed by atoms with Gasteiger partial charge < -0.3 is 9.84 Å². The van der Waals surface area contributed by atoms with E-state index in [0.29, 0.717) is 32.7 Å². The van der Waals surface area contributed by atoms with E-state index in [9.17, 15) is 13.5 Å². The molecule has 0 heterocycles. The van der Waals surface area contributed by atoms with Gasteiger partial charge in [-0.15, -0.1) is 0 Å². The molecule has 2 aromatic rings. The molecule has 0 saturated carbocycles. The zero-order valence-corrected chi connectivity index (χ0v) is 17.8. The van der Waals surface area contributed by atoms with Crippen molar-refractivity contribution in [3.8, 4) is 0 Å². The van der Waals surface area contributed by atoms with Crippen LogP contribution < -0.4 is 0 Å². The minimum atomic E-state index is -3.43. The SMILES string of the molecule is CCS(=O)(=O)OCCCN(Cc1ccccc1)C[C@H](O)COCc1ccccc1. The summed E-state index contributed by atoms with van der Waals surface area (Å²) in [6.07, 6.45) is -0.0772. The van der Waals surface area contributed by atoms with Crippen molar-refractivity contribution in [1.29, 1.82) is 0 Å². The highest BCUT2D eigenvalue weighted by atomic mass is 32.2. The minimum absolute atomic E-state index is 0.0296. The van der Waals surface area contributed by atoms with E-state index >= 15 is 0 Å². The molecule has 0 saturated heterocycles. The Balaban J connectivity index is 1.81. The Morgan fingerprint density at radius 2 is 1.62 bits per heavy atom. The summed E-state index contributed by atoms with van der Waals surface area (Å²) < 4.78 is 33.5. The molecule has 0 aliphatic carbocycles. The summed E-state index contributed by atoms with van der Waals surface area (Å²) in [5.74, 6) is -0.0296. The number of hydrogen-bond donors (Lipinski definition) is 1. The molecule has 0 spiro atoms. The van der Waals surface area contributed by atoms with Crippen LogP contribution >= 0.6 is 0 Å². The molecule has 0 unspecified atom stereocenters. The van der Waals surface area contributed by atoms with E-state index in [1.54, 1.807) is 6.92 Å². The highest BCUT2D eigenvalue weighted by molar-refractivity contribution is 7.86. The van der Waals surface area contributed by atoms with Gasteiger partial charge in [-0.3, -0.25) is 9.08 Å². The minimum Gasteiger partial charge on any atom is -0.389 e. The normalized spacial score (nSPS) is 12.9. The number of nitrogens with zero attached hydrogens (tertiary/aromatic N) is 1. The monoisotopic (exact) mass is 421 g/mol. The molecule has 0 aromatic heterocycles. The lowest BCUT2D eigenvalue weighted by atomic mass is 10.2. The highest BCUT2D eigenvalue weighted by Crippen LogP contribution is 2.08. The molecule has 0 bridgehead atoms. The highest BCUT2D eigenvalue weighted by Gasteiger charge is 2.14. The Morgan fingerprint density at radius 3 is 2.24 bits per heavy atom. The third-order valence-corrected chi connectivity index (χ3v) is 5.61. The van der Waals surface area contributed by atoms with E-state index in [0.717, 1.165) is 11.1 Å². The predicted octanol–water partition coefficient (Wildman–Crippen LogP) is 2.82. The molecule has 6 nitrogen and oxygen atoms in total. The van der Waals surface area contributed by atoms with Gasteiger partial charge in [0.1, 0.15) is 0 Å². The van der Waals surface area contributed by atoms with Crippen molar-refractivity contribution in [2.75, 3.05) is 32.1 Å². The summed E-state index contributed by atoms with van der Waals surface area (Å²) in [5, 5.41) is 10.4. The van der Waals surface area contributed by atoms with E-state index < -0.39 is 16.2 Å². The molecule has 0 radical (unpaired) electrons. The molecule has 7 heteroatoms. The number of hydrogen-bond acceptors (Lipinski definition) is 6. The molecule has 0 amide bonds. The zero-order valence-electron chi connectivity index (χ0n) is 16.9. The van der Waals surface area contributed by atoms with Crippen molar-refractivity contribution < 1.29 is 22.4 Å². The number of rotatable bonds is 14. The molecule has 2 rings (SSSR count). The smallest absolute Gasteiger partial charge is 0.267 e. The van der Waals surface area contributed by atoms with E-state index in [2.05, 4.69) is 4.90 Å². The number of ether oxygens (including phenoxy) is 1.